The molecule has 2 unspecified atom stereocenters. The van der Waals surface area contributed by atoms with Crippen LogP contribution in [0.15, 0.2) is 231 Å². The summed E-state index contributed by atoms with van der Waals surface area (Å²) in [5.74, 6) is -2.10. The van der Waals surface area contributed by atoms with Crippen molar-refractivity contribution in [2.24, 2.45) is 0 Å². The van der Waals surface area contributed by atoms with E-state index in [9.17, 15) is 33.6 Å². The Bertz CT molecular complexity index is 2720. The minimum absolute atomic E-state index is 0.120. The van der Waals surface area contributed by atoms with Crippen molar-refractivity contribution in [3.05, 3.63) is 231 Å². The van der Waals surface area contributed by atoms with Gasteiger partial charge in [-0.3, -0.25) is 29.7 Å². The molecule has 0 saturated carbocycles. The van der Waals surface area contributed by atoms with E-state index in [1.807, 2.05) is 152 Å². The molecule has 0 aliphatic carbocycles. The van der Waals surface area contributed by atoms with Crippen LogP contribution in [0.5, 0.6) is 0 Å². The van der Waals surface area contributed by atoms with Crippen LogP contribution in [0.4, 0.5) is 0 Å². The zero-order chi connectivity index (χ0) is 100. The fourth-order valence-electron chi connectivity index (χ4n) is 9.43. The monoisotopic (exact) mass is 1830 g/mol. The number of carbonyl (C=O) groups is 7. The van der Waals surface area contributed by atoms with Crippen LogP contribution in [0.1, 0.15) is 413 Å². The van der Waals surface area contributed by atoms with Gasteiger partial charge < -0.3 is 45.0 Å². The summed E-state index contributed by atoms with van der Waals surface area (Å²) in [6.45, 7) is 33.8. The lowest BCUT2D eigenvalue weighted by atomic mass is 10.1. The van der Waals surface area contributed by atoms with Gasteiger partial charge in [0.1, 0.15) is 37.4 Å². The van der Waals surface area contributed by atoms with E-state index in [0.29, 0.717) is 32.3 Å². The molecule has 0 aliphatic heterocycles. The normalized spacial score (nSPS) is 11.6. The standard InChI is InChI=1S/2C18H30O4.C18H30O2.C10H16O.C10H14O.C9H14O.C6H14O.2C6H12O.C6H10O.3C2H6/c1-2-3-11-14-17(22-21)15-12-9-7-5-4-6-8-10-13-16-18(19)20;1-2-3-4-5-6-8-11-14-17(22-21)15-12-9-7-10-13-16-18(19)20;1-2-3-4-5-6-7-8-9-10-11-12-13-14-15-16-17-18(19)20;2*1-2-3-4-5-6-7-8-9-10-11;1-2-3-4-5-6-7-8-9-10;4*1-2-3-4-5-6-7;3*1-2/h3,7,9,11-12,15,17,21H,2,4-6,8,10,13-14,16H2,1H3,(H,19,20);3-4,6,8,11,14,17,21H,2,5,7,9-10,12-13,15-16H2,1H3,(H,19,20);3-4,6-7,9-10H,2,5,8,11-17H2,1H3,(H,19,20);3-4,6-9,11H,2,5,10H2,1H3;3-4,6-10H,2,5H2,1H3;3-4,6-7,9H,2,5,8H2,1H3;7H,2-6H2,1H3;6H,2-5H2,1H3;3-4,7H,2,5-6H2,1H3;3-4,6H,2,5H2,1H3;3*1-2H3/b9-7-,11-3?,15-12-;4-3?,8-6-,14-11+;4-3?,7-6-,10-9-;4-3?,7-6+,9-8+;4-3?,7-6-,9-8+;4-3?,7-6-;;;;;;;. The Labute approximate surface area is 798 Å². The number of carboxylic acid groups (broad SMARTS) is 3. The number of carboxylic acids is 3. The van der Waals surface area contributed by atoms with Gasteiger partial charge in [-0.15, -0.1) is 0 Å². The summed E-state index contributed by atoms with van der Waals surface area (Å²) >= 11 is 0. The largest absolute Gasteiger partial charge is 0.481 e. The second-order valence-electron chi connectivity index (χ2n) is 27.9. The van der Waals surface area contributed by atoms with Crippen molar-refractivity contribution in [3.8, 4) is 0 Å². The fourth-order valence-corrected chi connectivity index (χ4v) is 9.43. The van der Waals surface area contributed by atoms with Crippen LogP contribution >= 0.6 is 0 Å². The Morgan fingerprint density at radius 1 is 0.254 bits per heavy atom. The predicted molar refractivity (Wildman–Crippen MR) is 565 cm³/mol. The lowest BCUT2D eigenvalue weighted by Crippen LogP contribution is -2.06. The van der Waals surface area contributed by atoms with E-state index >= 15 is 0 Å². The highest BCUT2D eigenvalue weighted by molar-refractivity contribution is 5.67. The number of aldehydes is 4. The molecule has 17 nitrogen and oxygen atoms in total. The number of hydrogen-bond acceptors (Lipinski definition) is 14. The average Bonchev–Trinajstić information content (AvgIpc) is 1.01. The van der Waals surface area contributed by atoms with Gasteiger partial charge in [0.25, 0.3) is 0 Å². The maximum atomic E-state index is 10.4. The number of hydrogen-bond donors (Lipinski definition) is 8. The molecule has 0 aliphatic rings. The second-order valence-corrected chi connectivity index (χ2v) is 27.9. The Morgan fingerprint density at radius 2 is 0.546 bits per heavy atom. The molecule has 0 rings (SSSR count). The van der Waals surface area contributed by atoms with Gasteiger partial charge in [-0.25, -0.2) is 9.78 Å². The average molecular weight is 1830 g/mol. The van der Waals surface area contributed by atoms with Gasteiger partial charge in [0.15, 0.2) is 0 Å². The number of carbonyl (C=O) groups excluding carboxylic acids is 4. The van der Waals surface area contributed by atoms with E-state index in [0.717, 1.165) is 243 Å². The number of aliphatic carboxylic acids is 3. The molecule has 8 N–H and O–H groups in total. The molecular weight excluding hydrogens is 1630 g/mol. The summed E-state index contributed by atoms with van der Waals surface area (Å²) < 4.78 is 0. The molecule has 0 bridgehead atoms. The molecule has 0 aromatic rings. The van der Waals surface area contributed by atoms with Gasteiger partial charge in [0.05, 0.1) is 6.61 Å². The summed E-state index contributed by atoms with van der Waals surface area (Å²) in [6.07, 6.45) is 124. The highest BCUT2D eigenvalue weighted by atomic mass is 17.1. The van der Waals surface area contributed by atoms with Crippen LogP contribution in [-0.2, 0) is 43.3 Å². The van der Waals surface area contributed by atoms with Gasteiger partial charge in [0.2, 0.25) is 0 Å². The molecule has 0 aromatic heterocycles. The van der Waals surface area contributed by atoms with Crippen LogP contribution in [0, 0.1) is 0 Å². The van der Waals surface area contributed by atoms with Crippen LogP contribution in [0.2, 0.25) is 0 Å². The van der Waals surface area contributed by atoms with Crippen LogP contribution in [-0.4, -0.2) is 116 Å². The van der Waals surface area contributed by atoms with Crippen LogP contribution in [0.3, 0.4) is 0 Å². The van der Waals surface area contributed by atoms with E-state index in [-0.39, 0.29) is 38.3 Å². The lowest BCUT2D eigenvalue weighted by molar-refractivity contribution is -0.267. The van der Waals surface area contributed by atoms with Crippen LogP contribution in [0.25, 0.3) is 0 Å². The summed E-state index contributed by atoms with van der Waals surface area (Å²) in [5.41, 5.74) is 0. The molecule has 754 valence electrons. The highest BCUT2D eigenvalue weighted by Gasteiger charge is 2.05. The Kier molecular flexibility index (Phi) is 197. The SMILES string of the molecule is CC.CC.CC.CCC=CC/C=C/C=C/CO.CCC=CC/C=C\C/C=C\CCCCCCCC(=O)O.CCC=CC/C=C\C=C\C(CCCCCCCC(=O)O)OO.CCC=CC/C=C\C=C\C=O.CCC=CC/C=C\CC=O.CCC=CCC(/C=C\C=C/CCCCCCCC(=O)O)OO.CCC=CCC=O.CCC=CCCO.CCCCCC=O.CCCCCCO. The first kappa shape index (κ1) is 150. The fraction of sp³-hybridized carbons (Fsp3) is 0.602. The van der Waals surface area contributed by atoms with E-state index in [4.69, 9.17) is 41.2 Å². The van der Waals surface area contributed by atoms with E-state index in [2.05, 4.69) is 181 Å². The quantitative estimate of drug-likeness (QED) is 0.00534. The first-order chi connectivity index (χ1) is 63.6. The van der Waals surface area contributed by atoms with Crippen molar-refractivity contribution in [2.75, 3.05) is 19.8 Å². The van der Waals surface area contributed by atoms with Gasteiger partial charge in [-0.1, -0.05) is 432 Å². The number of unbranched alkanes of at least 4 members (excludes halogenated alkanes) is 20. The van der Waals surface area contributed by atoms with Crippen molar-refractivity contribution < 1.29 is 84.5 Å². The molecular formula is C113H200O17. The topological polar surface area (TPSA) is 300 Å². The minimum Gasteiger partial charge on any atom is -0.481 e. The molecule has 0 saturated heterocycles. The maximum absolute atomic E-state index is 10.4. The number of aliphatic hydroxyl groups excluding tert-OH is 3. The third kappa shape index (κ3) is 210. The summed E-state index contributed by atoms with van der Waals surface area (Å²) in [5, 5.41) is 68.0. The molecule has 2 atom stereocenters. The molecule has 0 heterocycles. The smallest absolute Gasteiger partial charge is 0.303 e. The molecule has 130 heavy (non-hydrogen) atoms. The van der Waals surface area contributed by atoms with Gasteiger partial charge >= 0.3 is 17.9 Å². The van der Waals surface area contributed by atoms with E-state index in [1.165, 1.54) is 51.0 Å². The summed E-state index contributed by atoms with van der Waals surface area (Å²) in [7, 11) is 0. The lowest BCUT2D eigenvalue weighted by Gasteiger charge is -2.08. The number of rotatable bonds is 70. The van der Waals surface area contributed by atoms with Crippen molar-refractivity contribution in [1.82, 2.24) is 0 Å². The first-order valence-electron chi connectivity index (χ1n) is 49.9. The summed E-state index contributed by atoms with van der Waals surface area (Å²) in [6, 6.07) is 0. The molecule has 0 aromatic carbocycles. The Hall–Kier alpha value is -8.13. The molecule has 17 heteroatoms. The van der Waals surface area contributed by atoms with Crippen LogP contribution < -0.4 is 0 Å². The molecule has 0 amide bonds. The first-order valence-corrected chi connectivity index (χ1v) is 49.9. The Balaban J connectivity index is -0.000000109. The van der Waals surface area contributed by atoms with Crippen molar-refractivity contribution >= 4 is 43.1 Å². The maximum Gasteiger partial charge on any atom is 0.303 e. The van der Waals surface area contributed by atoms with Crippen molar-refractivity contribution in [1.29, 1.82) is 0 Å². The van der Waals surface area contributed by atoms with Crippen molar-refractivity contribution in [3.63, 3.8) is 0 Å². The highest BCUT2D eigenvalue weighted by Crippen LogP contribution is 2.13. The number of aliphatic hydroxyl groups is 3. The van der Waals surface area contributed by atoms with Gasteiger partial charge in [-0.05, 0) is 173 Å². The third-order valence-corrected chi connectivity index (χ3v) is 16.2. The molecule has 0 spiro atoms. The van der Waals surface area contributed by atoms with Crippen molar-refractivity contribution in [2.45, 2.75) is 425 Å². The second kappa shape index (κ2) is 171. The van der Waals surface area contributed by atoms with E-state index in [1.54, 1.807) is 12.2 Å². The third-order valence-electron chi connectivity index (χ3n) is 16.2. The number of allylic oxidation sites excluding steroid dienone is 33. The van der Waals surface area contributed by atoms with Gasteiger partial charge in [0, 0.05) is 51.7 Å². The predicted octanol–water partition coefficient (Wildman–Crippen LogP) is 32.8. The summed E-state index contributed by atoms with van der Waals surface area (Å²) in [4.78, 5) is 78.8. The molecule has 0 fully saturated rings. The van der Waals surface area contributed by atoms with Gasteiger partial charge in [-0.2, -0.15) is 0 Å². The molecule has 0 radical (unpaired) electrons. The zero-order valence-corrected chi connectivity index (χ0v) is 85.5. The van der Waals surface area contributed by atoms with E-state index < -0.39 is 17.9 Å². The Morgan fingerprint density at radius 3 is 0.915 bits per heavy atom. The minimum atomic E-state index is -0.725. The zero-order valence-electron chi connectivity index (χ0n) is 85.5.